The van der Waals surface area contributed by atoms with E-state index in [2.05, 4.69) is 5.43 Å². The molecule has 3 N–H and O–H groups in total. The van der Waals surface area contributed by atoms with Crippen LogP contribution in [0.15, 0.2) is 48.5 Å². The van der Waals surface area contributed by atoms with Crippen LogP contribution in [0.5, 0.6) is 0 Å². The topological polar surface area (TPSA) is 75.4 Å². The monoisotopic (exact) mass is 349 g/mol. The van der Waals surface area contributed by atoms with Gasteiger partial charge in [-0.3, -0.25) is 15.0 Å². The maximum Gasteiger partial charge on any atom is 0.269 e. The fraction of sp³-hybridized carbons (Fsp3) is 0.125. The molecule has 5 nitrogen and oxygen atoms in total. The van der Waals surface area contributed by atoms with E-state index in [9.17, 15) is 9.59 Å². The van der Waals surface area contributed by atoms with Gasteiger partial charge in [-0.1, -0.05) is 23.7 Å². The van der Waals surface area contributed by atoms with Crippen LogP contribution in [0.1, 0.15) is 22.0 Å². The van der Waals surface area contributed by atoms with E-state index in [1.54, 1.807) is 48.5 Å². The van der Waals surface area contributed by atoms with Gasteiger partial charge < -0.3 is 5.73 Å². The molecule has 0 aromatic heterocycles. The Hall–Kier alpha value is -2.24. The van der Waals surface area contributed by atoms with E-state index >= 15 is 0 Å². The predicted molar refractivity (Wildman–Crippen MR) is 89.0 cm³/mol. The van der Waals surface area contributed by atoms with E-state index in [0.717, 1.165) is 5.56 Å². The van der Waals surface area contributed by atoms with Gasteiger partial charge in [-0.05, 0) is 42.0 Å². The summed E-state index contributed by atoms with van der Waals surface area (Å²) in [5.41, 5.74) is 9.93. The molecule has 1 aliphatic rings. The summed E-state index contributed by atoms with van der Waals surface area (Å²) in [6.07, 6.45) is 0. The average molecular weight is 350 g/mol. The van der Waals surface area contributed by atoms with Gasteiger partial charge in [0.2, 0.25) is 0 Å². The molecule has 2 aromatic carbocycles. The van der Waals surface area contributed by atoms with E-state index in [0.29, 0.717) is 16.3 Å². The Morgan fingerprint density at radius 1 is 1.09 bits per heavy atom. The molecule has 118 valence electrons. The van der Waals surface area contributed by atoms with Gasteiger partial charge in [0.05, 0.1) is 0 Å². The van der Waals surface area contributed by atoms with Crippen LogP contribution in [-0.2, 0) is 4.79 Å². The number of benzene rings is 2. The smallest absolute Gasteiger partial charge is 0.269 e. The maximum absolute atomic E-state index is 12.2. The molecule has 1 aliphatic heterocycles. The Balaban J connectivity index is 1.77. The summed E-state index contributed by atoms with van der Waals surface area (Å²) in [6, 6.07) is 13.0. The van der Waals surface area contributed by atoms with Crippen molar-refractivity contribution in [2.45, 2.75) is 11.4 Å². The van der Waals surface area contributed by atoms with Gasteiger partial charge in [0, 0.05) is 16.3 Å². The molecule has 2 atom stereocenters. The number of halogens is 2. The molecule has 2 unspecified atom stereocenters. The molecule has 2 amide bonds. The van der Waals surface area contributed by atoms with Gasteiger partial charge in [-0.2, -0.15) is 0 Å². The van der Waals surface area contributed by atoms with Crippen LogP contribution in [-0.4, -0.2) is 22.2 Å². The van der Waals surface area contributed by atoms with Crippen LogP contribution in [0.4, 0.5) is 5.69 Å². The normalized spacial score (nSPS) is 20.1. The Morgan fingerprint density at radius 3 is 2.30 bits per heavy atom. The third kappa shape index (κ3) is 2.98. The van der Waals surface area contributed by atoms with E-state index in [4.69, 9.17) is 28.9 Å². The number of carbonyl (C=O) groups is 2. The van der Waals surface area contributed by atoms with Crippen molar-refractivity contribution in [3.8, 4) is 0 Å². The van der Waals surface area contributed by atoms with Gasteiger partial charge in [0.1, 0.15) is 11.4 Å². The largest absolute Gasteiger partial charge is 0.399 e. The van der Waals surface area contributed by atoms with Gasteiger partial charge >= 0.3 is 0 Å². The summed E-state index contributed by atoms with van der Waals surface area (Å²) in [7, 11) is 0. The number of anilines is 1. The fourth-order valence-electron chi connectivity index (χ4n) is 2.36. The Morgan fingerprint density at radius 2 is 1.70 bits per heavy atom. The summed E-state index contributed by atoms with van der Waals surface area (Å²) in [4.78, 5) is 24.2. The van der Waals surface area contributed by atoms with Crippen molar-refractivity contribution in [2.75, 3.05) is 5.73 Å². The van der Waals surface area contributed by atoms with Crippen molar-refractivity contribution < 1.29 is 9.59 Å². The minimum absolute atomic E-state index is 0.351. The number of hydrogen-bond acceptors (Lipinski definition) is 3. The first-order valence-corrected chi connectivity index (χ1v) is 7.68. The molecule has 1 fully saturated rings. The van der Waals surface area contributed by atoms with E-state index < -0.39 is 17.3 Å². The number of β-lactam (4-membered cyclic amide) rings is 1. The summed E-state index contributed by atoms with van der Waals surface area (Å²) in [6.45, 7) is 0. The molecule has 23 heavy (non-hydrogen) atoms. The minimum atomic E-state index is -0.720. The zero-order valence-corrected chi connectivity index (χ0v) is 13.4. The van der Waals surface area contributed by atoms with Gasteiger partial charge in [0.15, 0.2) is 0 Å². The third-order valence-electron chi connectivity index (χ3n) is 3.64. The van der Waals surface area contributed by atoms with Crippen LogP contribution in [0.3, 0.4) is 0 Å². The number of hydrogen-bond donors (Lipinski definition) is 2. The number of carbonyl (C=O) groups excluding carboxylic acids is 2. The Kier molecular flexibility index (Phi) is 4.15. The number of amides is 2. The Labute approximate surface area is 142 Å². The zero-order chi connectivity index (χ0) is 16.6. The van der Waals surface area contributed by atoms with Gasteiger partial charge in [0.25, 0.3) is 11.8 Å². The molecule has 7 heteroatoms. The highest BCUT2D eigenvalue weighted by atomic mass is 35.5. The highest BCUT2D eigenvalue weighted by molar-refractivity contribution is 6.33. The lowest BCUT2D eigenvalue weighted by Gasteiger charge is -2.43. The van der Waals surface area contributed by atoms with Crippen LogP contribution < -0.4 is 11.2 Å². The molecule has 1 saturated heterocycles. The van der Waals surface area contributed by atoms with Crippen LogP contribution in [0.25, 0.3) is 0 Å². The molecule has 0 bridgehead atoms. The lowest BCUT2D eigenvalue weighted by Crippen LogP contribution is -2.63. The molecule has 3 rings (SSSR count). The predicted octanol–water partition coefficient (Wildman–Crippen LogP) is 2.76. The second-order valence-electron chi connectivity index (χ2n) is 5.17. The summed E-state index contributed by atoms with van der Waals surface area (Å²) >= 11 is 12.0. The first kappa shape index (κ1) is 15.6. The average Bonchev–Trinajstić information content (AvgIpc) is 2.56. The van der Waals surface area contributed by atoms with E-state index in [1.807, 2.05) is 0 Å². The summed E-state index contributed by atoms with van der Waals surface area (Å²) in [5.74, 6) is -0.753. The first-order chi connectivity index (χ1) is 11.0. The van der Waals surface area contributed by atoms with Gasteiger partial charge in [-0.25, -0.2) is 5.01 Å². The molecule has 1 heterocycles. The van der Waals surface area contributed by atoms with Gasteiger partial charge in [-0.15, -0.1) is 11.6 Å². The zero-order valence-electron chi connectivity index (χ0n) is 11.9. The quantitative estimate of drug-likeness (QED) is 0.508. The molecular formula is C16H13Cl2N3O2. The number of nitrogens with zero attached hydrogens (tertiary/aromatic N) is 1. The number of hydrazine groups is 1. The lowest BCUT2D eigenvalue weighted by molar-refractivity contribution is -0.149. The number of nitrogen functional groups attached to an aromatic ring is 1. The highest BCUT2D eigenvalue weighted by Gasteiger charge is 2.48. The highest BCUT2D eigenvalue weighted by Crippen LogP contribution is 2.37. The summed E-state index contributed by atoms with van der Waals surface area (Å²) < 4.78 is 0. The number of alkyl halides is 1. The number of rotatable bonds is 3. The van der Waals surface area contributed by atoms with Crippen molar-refractivity contribution in [3.63, 3.8) is 0 Å². The minimum Gasteiger partial charge on any atom is -0.399 e. The molecule has 0 radical (unpaired) electrons. The van der Waals surface area contributed by atoms with E-state index in [-0.39, 0.29) is 5.91 Å². The molecular weight excluding hydrogens is 337 g/mol. The van der Waals surface area contributed by atoms with Crippen molar-refractivity contribution in [3.05, 3.63) is 64.7 Å². The molecule has 0 spiro atoms. The van der Waals surface area contributed by atoms with Crippen LogP contribution >= 0.6 is 23.2 Å². The SMILES string of the molecule is Nc1ccc(C(=O)NN2C(=O)C(Cl)C2c2ccc(Cl)cc2)cc1. The van der Waals surface area contributed by atoms with Crippen LogP contribution in [0, 0.1) is 0 Å². The van der Waals surface area contributed by atoms with Crippen molar-refractivity contribution >= 4 is 40.7 Å². The molecule has 0 aliphatic carbocycles. The molecule has 2 aromatic rings. The number of nitrogens with two attached hydrogens (primary N) is 1. The third-order valence-corrected chi connectivity index (χ3v) is 4.31. The lowest BCUT2D eigenvalue weighted by atomic mass is 9.95. The second kappa shape index (κ2) is 6.10. The maximum atomic E-state index is 12.2. The second-order valence-corrected chi connectivity index (χ2v) is 6.08. The van der Waals surface area contributed by atoms with Crippen molar-refractivity contribution in [2.24, 2.45) is 0 Å². The first-order valence-electron chi connectivity index (χ1n) is 6.86. The van der Waals surface area contributed by atoms with E-state index in [1.165, 1.54) is 5.01 Å². The Bertz CT molecular complexity index is 747. The standard InChI is InChI=1S/C16H13Cl2N3O2/c17-11-5-1-9(2-6-11)14-13(18)16(23)21(14)20-15(22)10-3-7-12(19)8-4-10/h1-8,13-14H,19H2,(H,20,22). The van der Waals surface area contributed by atoms with Crippen molar-refractivity contribution in [1.82, 2.24) is 10.4 Å². The fourth-order valence-corrected chi connectivity index (χ4v) is 2.85. The van der Waals surface area contributed by atoms with Crippen molar-refractivity contribution in [1.29, 1.82) is 0 Å². The van der Waals surface area contributed by atoms with Crippen LogP contribution in [0.2, 0.25) is 5.02 Å². The molecule has 0 saturated carbocycles. The number of nitrogens with one attached hydrogen (secondary N) is 1. The summed E-state index contributed by atoms with van der Waals surface area (Å²) in [5, 5.41) is 1.10.